The highest BCUT2D eigenvalue weighted by Crippen LogP contribution is 2.68. The molecule has 0 aromatic heterocycles. The van der Waals surface area contributed by atoms with E-state index in [4.69, 9.17) is 10.5 Å². The van der Waals surface area contributed by atoms with Crippen molar-refractivity contribution in [1.29, 1.82) is 0 Å². The number of allylic oxidation sites excluding steroid dienone is 7. The molecular weight excluding hydrogens is 486 g/mol. The first kappa shape index (κ1) is 26.5. The molecule has 5 nitrogen and oxygen atoms in total. The van der Waals surface area contributed by atoms with E-state index < -0.39 is 23.3 Å². The topological polar surface area (TPSA) is 89.6 Å². The van der Waals surface area contributed by atoms with Gasteiger partial charge in [-0.25, -0.2) is 4.79 Å². The van der Waals surface area contributed by atoms with Crippen molar-refractivity contribution >= 4 is 17.4 Å². The Hall–Kier alpha value is -4.12. The Morgan fingerprint density at radius 3 is 2.36 bits per heavy atom. The minimum Gasteiger partial charge on any atom is -0.508 e. The standard InChI is InChI=1S/C30H23NO4.2C2H6/c1-15-18-8-2-3-9-19(18)27-26(24(15)28(31)33)21-14-17(32)12-13-22(21)30(27)23-11-5-7-16-6-4-10-20(25(16)23)29(34)35-30;2*1-2/h2-14,16,25-27,32H,1H3,(H2,31,33);2*1-2H3. The number of nitrogens with two attached hydrogens (primary N) is 1. The van der Waals surface area contributed by atoms with Crippen LogP contribution in [-0.2, 0) is 19.9 Å². The summed E-state index contributed by atoms with van der Waals surface area (Å²) in [6, 6.07) is 13.1. The molecule has 2 aromatic rings. The molecule has 1 fully saturated rings. The van der Waals surface area contributed by atoms with Gasteiger partial charge in [0.15, 0.2) is 5.60 Å². The highest BCUT2D eigenvalue weighted by atomic mass is 16.6. The molecule has 0 bridgehead atoms. The van der Waals surface area contributed by atoms with Gasteiger partial charge in [-0.3, -0.25) is 4.79 Å². The number of carbonyl (C=O) groups is 2. The first-order valence-electron chi connectivity index (χ1n) is 13.9. The number of benzene rings is 2. The number of hydrogen-bond donors (Lipinski definition) is 2. The minimum atomic E-state index is -1.13. The van der Waals surface area contributed by atoms with E-state index in [0.717, 1.165) is 33.4 Å². The van der Waals surface area contributed by atoms with Crippen molar-refractivity contribution in [3.63, 3.8) is 0 Å². The second-order valence-corrected chi connectivity index (χ2v) is 9.91. The zero-order valence-corrected chi connectivity index (χ0v) is 23.1. The van der Waals surface area contributed by atoms with Crippen molar-refractivity contribution in [2.45, 2.75) is 52.1 Å². The summed E-state index contributed by atoms with van der Waals surface area (Å²) in [5, 5.41) is 10.5. The third kappa shape index (κ3) is 3.52. The smallest absolute Gasteiger partial charge is 0.335 e. The van der Waals surface area contributed by atoms with Crippen LogP contribution < -0.4 is 5.73 Å². The lowest BCUT2D eigenvalue weighted by atomic mass is 9.60. The van der Waals surface area contributed by atoms with Gasteiger partial charge in [-0.05, 0) is 46.9 Å². The normalized spacial score (nSPS) is 28.3. The number of ether oxygens (including phenoxy) is 1. The Kier molecular flexibility index (Phi) is 6.71. The van der Waals surface area contributed by atoms with E-state index in [9.17, 15) is 14.7 Å². The number of esters is 1. The van der Waals surface area contributed by atoms with Crippen molar-refractivity contribution in [2.75, 3.05) is 0 Å². The lowest BCUT2D eigenvalue weighted by molar-refractivity contribution is -0.159. The van der Waals surface area contributed by atoms with Crippen molar-refractivity contribution in [1.82, 2.24) is 0 Å². The van der Waals surface area contributed by atoms with Gasteiger partial charge in [0, 0.05) is 40.4 Å². The van der Waals surface area contributed by atoms with Crippen LogP contribution in [0.1, 0.15) is 68.7 Å². The van der Waals surface area contributed by atoms with Crippen LogP contribution >= 0.6 is 0 Å². The molecule has 5 heteroatoms. The van der Waals surface area contributed by atoms with Crippen LogP contribution in [0.25, 0.3) is 5.57 Å². The Balaban J connectivity index is 0.000000738. The molecule has 1 aliphatic heterocycles. The first-order chi connectivity index (χ1) is 18.9. The SMILES string of the molecule is CC.CC.CC1=C(C(N)=O)C2c3cc(O)ccc3C3(OC(=O)C4=CC=CC5C=CC=C3C45)C2c2ccccc21. The van der Waals surface area contributed by atoms with E-state index in [-0.39, 0.29) is 23.6 Å². The van der Waals surface area contributed by atoms with Crippen molar-refractivity contribution in [2.24, 2.45) is 17.6 Å². The second kappa shape index (κ2) is 9.88. The van der Waals surface area contributed by atoms with E-state index in [2.05, 4.69) is 24.3 Å². The van der Waals surface area contributed by atoms with Gasteiger partial charge in [0.1, 0.15) is 5.75 Å². The summed E-state index contributed by atoms with van der Waals surface area (Å²) in [6.45, 7) is 9.92. The van der Waals surface area contributed by atoms with Gasteiger partial charge in [-0.1, -0.05) is 94.5 Å². The molecule has 1 saturated heterocycles. The number of phenolic OH excluding ortho intramolecular Hbond substituents is 1. The molecule has 2 aromatic carbocycles. The lowest BCUT2D eigenvalue weighted by Gasteiger charge is -2.50. The monoisotopic (exact) mass is 521 g/mol. The maximum absolute atomic E-state index is 13.6. The summed E-state index contributed by atoms with van der Waals surface area (Å²) < 4.78 is 6.55. The summed E-state index contributed by atoms with van der Waals surface area (Å²) in [7, 11) is 0. The number of amides is 1. The fourth-order valence-electron chi connectivity index (χ4n) is 7.19. The minimum absolute atomic E-state index is 0.0473. The maximum atomic E-state index is 13.6. The molecule has 7 rings (SSSR count). The van der Waals surface area contributed by atoms with Crippen molar-refractivity contribution in [3.8, 4) is 5.75 Å². The van der Waals surface area contributed by atoms with Gasteiger partial charge in [0.2, 0.25) is 5.91 Å². The van der Waals surface area contributed by atoms with Gasteiger partial charge in [-0.15, -0.1) is 0 Å². The molecule has 5 atom stereocenters. The zero-order chi connectivity index (χ0) is 28.1. The largest absolute Gasteiger partial charge is 0.508 e. The number of carbonyl (C=O) groups excluding carboxylic acids is 2. The molecule has 4 aliphatic carbocycles. The fraction of sp³-hybridized carbons (Fsp3) is 0.294. The molecule has 5 unspecified atom stereocenters. The van der Waals surface area contributed by atoms with Crippen LogP contribution in [0.4, 0.5) is 0 Å². The average molecular weight is 522 g/mol. The van der Waals surface area contributed by atoms with Crippen LogP contribution in [0, 0.1) is 11.8 Å². The van der Waals surface area contributed by atoms with Crippen molar-refractivity contribution in [3.05, 3.63) is 118 Å². The maximum Gasteiger partial charge on any atom is 0.335 e. The van der Waals surface area contributed by atoms with E-state index >= 15 is 0 Å². The molecule has 5 aliphatic rings. The molecule has 1 spiro atoms. The van der Waals surface area contributed by atoms with E-state index in [1.54, 1.807) is 12.1 Å². The summed E-state index contributed by atoms with van der Waals surface area (Å²) in [5.41, 5.74) is 11.4. The molecule has 200 valence electrons. The summed E-state index contributed by atoms with van der Waals surface area (Å²) in [4.78, 5) is 26.6. The highest BCUT2D eigenvalue weighted by Gasteiger charge is 2.65. The molecular formula is C34H35NO4. The van der Waals surface area contributed by atoms with Gasteiger partial charge in [-0.2, -0.15) is 0 Å². The van der Waals surface area contributed by atoms with E-state index in [1.807, 2.05) is 77.1 Å². The van der Waals surface area contributed by atoms with Gasteiger partial charge >= 0.3 is 5.97 Å². The second-order valence-electron chi connectivity index (χ2n) is 9.91. The van der Waals surface area contributed by atoms with Crippen LogP contribution in [0.3, 0.4) is 0 Å². The number of aromatic hydroxyl groups is 1. The van der Waals surface area contributed by atoms with Gasteiger partial charge in [0.05, 0.1) is 0 Å². The van der Waals surface area contributed by atoms with Crippen LogP contribution in [0.5, 0.6) is 5.75 Å². The van der Waals surface area contributed by atoms with E-state index in [1.165, 1.54) is 0 Å². The number of fused-ring (bicyclic) bond motifs is 8. The summed E-state index contributed by atoms with van der Waals surface area (Å²) in [6.07, 6.45) is 12.1. The third-order valence-electron chi connectivity index (χ3n) is 8.41. The quantitative estimate of drug-likeness (QED) is 0.415. The summed E-state index contributed by atoms with van der Waals surface area (Å²) in [5.74, 6) is -1.70. The third-order valence-corrected chi connectivity index (χ3v) is 8.41. The zero-order valence-electron chi connectivity index (χ0n) is 23.1. The predicted octanol–water partition coefficient (Wildman–Crippen LogP) is 6.57. The Morgan fingerprint density at radius 2 is 1.64 bits per heavy atom. The lowest BCUT2D eigenvalue weighted by Crippen LogP contribution is -2.49. The average Bonchev–Trinajstić information content (AvgIpc) is 3.23. The summed E-state index contributed by atoms with van der Waals surface area (Å²) >= 11 is 0. The Morgan fingerprint density at radius 1 is 0.949 bits per heavy atom. The van der Waals surface area contributed by atoms with E-state index in [0.29, 0.717) is 11.1 Å². The van der Waals surface area contributed by atoms with Gasteiger partial charge < -0.3 is 15.6 Å². The Labute approximate surface area is 230 Å². The predicted molar refractivity (Wildman–Crippen MR) is 154 cm³/mol. The van der Waals surface area contributed by atoms with Crippen LogP contribution in [0.2, 0.25) is 0 Å². The molecule has 0 radical (unpaired) electrons. The molecule has 39 heavy (non-hydrogen) atoms. The molecule has 0 saturated carbocycles. The van der Waals surface area contributed by atoms with Gasteiger partial charge in [0.25, 0.3) is 0 Å². The fourth-order valence-corrected chi connectivity index (χ4v) is 7.19. The van der Waals surface area contributed by atoms with Crippen molar-refractivity contribution < 1.29 is 19.4 Å². The molecule has 1 amide bonds. The number of primary amides is 1. The number of hydrogen-bond acceptors (Lipinski definition) is 4. The van der Waals surface area contributed by atoms with Crippen LogP contribution in [-0.4, -0.2) is 17.0 Å². The number of rotatable bonds is 1. The van der Waals surface area contributed by atoms with Crippen LogP contribution in [0.15, 0.2) is 95.6 Å². The molecule has 3 N–H and O–H groups in total. The molecule has 1 heterocycles. The highest BCUT2D eigenvalue weighted by molar-refractivity contribution is 6.04. The Bertz CT molecular complexity index is 1520. The first-order valence-corrected chi connectivity index (χ1v) is 13.9. The number of phenols is 1.